The topological polar surface area (TPSA) is 3.24 Å². The van der Waals surface area contributed by atoms with Crippen molar-refractivity contribution in [1.29, 1.82) is 0 Å². The monoisotopic (exact) mass is 173 g/mol. The Labute approximate surface area is 70.4 Å². The molecule has 0 atom stereocenters. The molecule has 0 radical (unpaired) electrons. The van der Waals surface area contributed by atoms with E-state index in [2.05, 4.69) is 0 Å². The van der Waals surface area contributed by atoms with Gasteiger partial charge in [-0.1, -0.05) is 11.6 Å². The fourth-order valence-electron chi connectivity index (χ4n) is 0.763. The van der Waals surface area contributed by atoms with Crippen LogP contribution in [-0.4, -0.2) is 14.1 Å². The van der Waals surface area contributed by atoms with Crippen LogP contribution in [-0.2, 0) is 0 Å². The lowest BCUT2D eigenvalue weighted by atomic mass is 10.3. The lowest BCUT2D eigenvalue weighted by Crippen LogP contribution is -2.08. The molecule has 0 spiro atoms. The van der Waals surface area contributed by atoms with Gasteiger partial charge in [-0.25, -0.2) is 4.39 Å². The summed E-state index contributed by atoms with van der Waals surface area (Å²) >= 11 is 5.49. The number of hydrogen-bond acceptors (Lipinski definition) is 1. The van der Waals surface area contributed by atoms with Crippen molar-refractivity contribution in [3.8, 4) is 0 Å². The van der Waals surface area contributed by atoms with E-state index in [9.17, 15) is 4.39 Å². The van der Waals surface area contributed by atoms with E-state index in [0.29, 0.717) is 0 Å². The predicted molar refractivity (Wildman–Crippen MR) is 45.7 cm³/mol. The zero-order valence-electron chi connectivity index (χ0n) is 6.44. The lowest BCUT2D eigenvalue weighted by Gasteiger charge is -2.11. The summed E-state index contributed by atoms with van der Waals surface area (Å²) < 4.78 is 12.8. The van der Waals surface area contributed by atoms with Crippen molar-refractivity contribution < 1.29 is 4.39 Å². The molecule has 0 saturated heterocycles. The average molecular weight is 174 g/mol. The van der Waals surface area contributed by atoms with Crippen LogP contribution in [0.2, 0.25) is 5.02 Å². The Balaban J connectivity index is 3.05. The van der Waals surface area contributed by atoms with Gasteiger partial charge in [0.15, 0.2) is 0 Å². The summed E-state index contributed by atoms with van der Waals surface area (Å²) in [6, 6.07) is 4.72. The van der Waals surface area contributed by atoms with Crippen molar-refractivity contribution in [3.63, 3.8) is 0 Å². The summed E-state index contributed by atoms with van der Waals surface area (Å²) in [6.07, 6.45) is 0. The first-order valence-corrected chi connectivity index (χ1v) is 3.61. The molecule has 1 rings (SSSR count). The summed E-state index contributed by atoms with van der Waals surface area (Å²) in [5.74, 6) is -0.377. The maximum atomic E-state index is 12.8. The lowest BCUT2D eigenvalue weighted by molar-refractivity contribution is 0.628. The van der Waals surface area contributed by atoms with Crippen LogP contribution in [0.5, 0.6) is 0 Å². The van der Waals surface area contributed by atoms with E-state index < -0.39 is 0 Å². The molecule has 0 unspecified atom stereocenters. The third-order valence-electron chi connectivity index (χ3n) is 1.42. The van der Waals surface area contributed by atoms with Gasteiger partial charge >= 0.3 is 0 Å². The molecule has 0 aliphatic carbocycles. The van der Waals surface area contributed by atoms with Crippen LogP contribution in [0.1, 0.15) is 0 Å². The average Bonchev–Trinajstić information content (AvgIpc) is 1.94. The normalized spacial score (nSPS) is 9.82. The first-order chi connectivity index (χ1) is 5.11. The van der Waals surface area contributed by atoms with Gasteiger partial charge in [-0.05, 0) is 18.2 Å². The van der Waals surface area contributed by atoms with E-state index in [-0.39, 0.29) is 10.8 Å². The maximum Gasteiger partial charge on any atom is 0.143 e. The first kappa shape index (κ1) is 8.34. The van der Waals surface area contributed by atoms with Crippen molar-refractivity contribution in [3.05, 3.63) is 29.0 Å². The maximum absolute atomic E-state index is 12.8. The number of anilines is 1. The van der Waals surface area contributed by atoms with E-state index in [1.165, 1.54) is 6.07 Å². The van der Waals surface area contributed by atoms with Crippen LogP contribution in [0, 0.1) is 5.82 Å². The fraction of sp³-hybridized carbons (Fsp3) is 0.250. The fourth-order valence-corrected chi connectivity index (χ4v) is 0.881. The van der Waals surface area contributed by atoms with Gasteiger partial charge in [-0.15, -0.1) is 0 Å². The van der Waals surface area contributed by atoms with E-state index in [1.807, 2.05) is 19.0 Å². The SMILES string of the molecule is CN(C)c1ccc(Cl)c(F)c1. The molecule has 0 heterocycles. The Morgan fingerprint density at radius 3 is 2.45 bits per heavy atom. The Bertz CT molecular complexity index is 260. The molecule has 0 aliphatic heterocycles. The van der Waals surface area contributed by atoms with Crippen LogP contribution >= 0.6 is 11.6 Å². The number of halogens is 2. The largest absolute Gasteiger partial charge is 0.378 e. The molecule has 1 aromatic carbocycles. The summed E-state index contributed by atoms with van der Waals surface area (Å²) in [7, 11) is 3.70. The molecule has 0 fully saturated rings. The Hall–Kier alpha value is -0.760. The Morgan fingerprint density at radius 2 is 2.00 bits per heavy atom. The molecule has 0 aliphatic rings. The number of rotatable bonds is 1. The molecule has 60 valence electrons. The second kappa shape index (κ2) is 3.09. The number of nitrogens with zero attached hydrogens (tertiary/aromatic N) is 1. The van der Waals surface area contributed by atoms with Gasteiger partial charge in [0.1, 0.15) is 5.82 Å². The second-order valence-corrected chi connectivity index (χ2v) is 2.90. The van der Waals surface area contributed by atoms with Crippen LogP contribution in [0.4, 0.5) is 10.1 Å². The second-order valence-electron chi connectivity index (χ2n) is 2.49. The highest BCUT2D eigenvalue weighted by molar-refractivity contribution is 6.30. The van der Waals surface area contributed by atoms with E-state index in [1.54, 1.807) is 12.1 Å². The van der Waals surface area contributed by atoms with E-state index >= 15 is 0 Å². The van der Waals surface area contributed by atoms with Crippen molar-refractivity contribution in [2.75, 3.05) is 19.0 Å². The molecule has 11 heavy (non-hydrogen) atoms. The molecule has 1 nitrogen and oxygen atoms in total. The molecule has 0 N–H and O–H groups in total. The van der Waals surface area contributed by atoms with Crippen LogP contribution in [0.25, 0.3) is 0 Å². The van der Waals surface area contributed by atoms with Gasteiger partial charge in [0.05, 0.1) is 5.02 Å². The smallest absolute Gasteiger partial charge is 0.143 e. The molecule has 0 saturated carbocycles. The quantitative estimate of drug-likeness (QED) is 0.631. The van der Waals surface area contributed by atoms with Crippen molar-refractivity contribution in [2.24, 2.45) is 0 Å². The van der Waals surface area contributed by atoms with Gasteiger partial charge in [0, 0.05) is 19.8 Å². The highest BCUT2D eigenvalue weighted by atomic mass is 35.5. The predicted octanol–water partition coefficient (Wildman–Crippen LogP) is 2.55. The number of hydrogen-bond donors (Lipinski definition) is 0. The van der Waals surface area contributed by atoms with Crippen molar-refractivity contribution in [2.45, 2.75) is 0 Å². The van der Waals surface area contributed by atoms with Gasteiger partial charge in [-0.2, -0.15) is 0 Å². The molecule has 0 aromatic heterocycles. The van der Waals surface area contributed by atoms with Crippen LogP contribution < -0.4 is 4.90 Å². The summed E-state index contributed by atoms with van der Waals surface area (Å²) in [5, 5.41) is 0.163. The minimum Gasteiger partial charge on any atom is -0.378 e. The molecule has 0 amide bonds. The minimum atomic E-state index is -0.377. The van der Waals surface area contributed by atoms with Gasteiger partial charge < -0.3 is 4.90 Å². The number of benzene rings is 1. The van der Waals surface area contributed by atoms with Crippen LogP contribution in [0.15, 0.2) is 18.2 Å². The third kappa shape index (κ3) is 1.84. The molecule has 1 aromatic rings. The zero-order valence-corrected chi connectivity index (χ0v) is 7.19. The summed E-state index contributed by atoms with van der Waals surface area (Å²) in [5.41, 5.74) is 0.812. The minimum absolute atomic E-state index is 0.163. The molecular weight excluding hydrogens is 165 g/mol. The Morgan fingerprint density at radius 1 is 1.36 bits per heavy atom. The van der Waals surface area contributed by atoms with Gasteiger partial charge in [0.2, 0.25) is 0 Å². The van der Waals surface area contributed by atoms with Crippen molar-refractivity contribution in [1.82, 2.24) is 0 Å². The highest BCUT2D eigenvalue weighted by Crippen LogP contribution is 2.19. The molecule has 0 bridgehead atoms. The highest BCUT2D eigenvalue weighted by Gasteiger charge is 2.00. The third-order valence-corrected chi connectivity index (χ3v) is 1.73. The van der Waals surface area contributed by atoms with Crippen LogP contribution in [0.3, 0.4) is 0 Å². The molecular formula is C8H9ClFN. The zero-order chi connectivity index (χ0) is 8.43. The first-order valence-electron chi connectivity index (χ1n) is 3.23. The van der Waals surface area contributed by atoms with Crippen molar-refractivity contribution >= 4 is 17.3 Å². The standard InChI is InChI=1S/C8H9ClFN/c1-11(2)6-3-4-7(9)8(10)5-6/h3-5H,1-2H3. The summed E-state index contributed by atoms with van der Waals surface area (Å²) in [6.45, 7) is 0. The molecule has 3 heteroatoms. The van der Waals surface area contributed by atoms with E-state index in [0.717, 1.165) is 5.69 Å². The summed E-state index contributed by atoms with van der Waals surface area (Å²) in [4.78, 5) is 1.82. The van der Waals surface area contributed by atoms with Gasteiger partial charge in [-0.3, -0.25) is 0 Å². The van der Waals surface area contributed by atoms with Gasteiger partial charge in [0.25, 0.3) is 0 Å². The Kier molecular flexibility index (Phi) is 2.35. The van der Waals surface area contributed by atoms with E-state index in [4.69, 9.17) is 11.6 Å².